The van der Waals surface area contributed by atoms with E-state index in [1.54, 1.807) is 56.7 Å². The Labute approximate surface area is 220 Å². The van der Waals surface area contributed by atoms with Crippen molar-refractivity contribution in [3.05, 3.63) is 78.0 Å². The molecule has 0 saturated carbocycles. The summed E-state index contributed by atoms with van der Waals surface area (Å²) in [7, 11) is 1.96. The van der Waals surface area contributed by atoms with Crippen LogP contribution in [0.5, 0.6) is 5.75 Å². The largest absolute Gasteiger partial charge is 0.508 e. The van der Waals surface area contributed by atoms with Gasteiger partial charge in [-0.25, -0.2) is 0 Å². The Kier molecular flexibility index (Phi) is 7.54. The molecule has 3 heterocycles. The number of alkyl halides is 3. The summed E-state index contributed by atoms with van der Waals surface area (Å²) < 4.78 is 43.3. The summed E-state index contributed by atoms with van der Waals surface area (Å²) in [6.07, 6.45) is -1.36. The molecule has 0 aliphatic rings. The molecule has 1 unspecified atom stereocenters. The number of aliphatic hydroxyl groups is 1. The summed E-state index contributed by atoms with van der Waals surface area (Å²) in [6, 6.07) is 11.9. The Balaban J connectivity index is 1.65. The third kappa shape index (κ3) is 5.84. The van der Waals surface area contributed by atoms with E-state index in [0.717, 1.165) is 23.2 Å². The van der Waals surface area contributed by atoms with Gasteiger partial charge in [-0.05, 0) is 61.3 Å². The van der Waals surface area contributed by atoms with E-state index in [0.29, 0.717) is 23.2 Å². The van der Waals surface area contributed by atoms with E-state index in [-0.39, 0.29) is 11.4 Å². The Morgan fingerprint density at radius 3 is 2.45 bits per heavy atom. The van der Waals surface area contributed by atoms with E-state index >= 15 is 0 Å². The van der Waals surface area contributed by atoms with Gasteiger partial charge in [-0.1, -0.05) is 32.9 Å². The standard InChI is InChI=1S/C29H33F3N4O2/c1-5-36(4)17-23-12-21-11-22(35-25(21)16-34-23)14-28(38,29(30,31)32)18-27(2,3)24-13-19(8-9-26(24)37)20-7-6-10-33-15-20/h6-13,15-16,35,37-38H,5,14,17-18H2,1-4H3. The van der Waals surface area contributed by atoms with Crippen LogP contribution in [0, 0.1) is 0 Å². The van der Waals surface area contributed by atoms with Crippen molar-refractivity contribution >= 4 is 10.9 Å². The fourth-order valence-corrected chi connectivity index (χ4v) is 4.90. The van der Waals surface area contributed by atoms with Crippen molar-refractivity contribution in [2.75, 3.05) is 13.6 Å². The number of hydrogen-bond acceptors (Lipinski definition) is 5. The maximum Gasteiger partial charge on any atom is 0.417 e. The van der Waals surface area contributed by atoms with Crippen LogP contribution in [-0.4, -0.2) is 55.4 Å². The van der Waals surface area contributed by atoms with Crippen molar-refractivity contribution in [1.82, 2.24) is 19.9 Å². The van der Waals surface area contributed by atoms with Crippen molar-refractivity contribution in [3.8, 4) is 16.9 Å². The average Bonchev–Trinajstić information content (AvgIpc) is 3.24. The zero-order chi connectivity index (χ0) is 27.7. The minimum atomic E-state index is -4.91. The number of nitrogens with zero attached hydrogens (tertiary/aromatic N) is 3. The molecule has 0 radical (unpaired) electrons. The van der Waals surface area contributed by atoms with Gasteiger partial charge >= 0.3 is 6.18 Å². The first-order chi connectivity index (χ1) is 17.8. The lowest BCUT2D eigenvalue weighted by Gasteiger charge is -2.38. The monoisotopic (exact) mass is 526 g/mol. The van der Waals surface area contributed by atoms with Crippen LogP contribution < -0.4 is 0 Å². The zero-order valence-electron chi connectivity index (χ0n) is 22.0. The van der Waals surface area contributed by atoms with Gasteiger partial charge in [0.25, 0.3) is 0 Å². The maximum atomic E-state index is 14.4. The Morgan fingerprint density at radius 1 is 1.03 bits per heavy atom. The smallest absolute Gasteiger partial charge is 0.417 e. The number of pyridine rings is 2. The van der Waals surface area contributed by atoms with Crippen LogP contribution in [0.15, 0.2) is 61.1 Å². The van der Waals surface area contributed by atoms with Crippen molar-refractivity contribution in [3.63, 3.8) is 0 Å². The third-order valence-electron chi connectivity index (χ3n) is 7.05. The lowest BCUT2D eigenvalue weighted by Crippen LogP contribution is -2.50. The van der Waals surface area contributed by atoms with Gasteiger partial charge in [-0.15, -0.1) is 0 Å². The van der Waals surface area contributed by atoms with Crippen LogP contribution in [0.3, 0.4) is 0 Å². The molecule has 0 aliphatic carbocycles. The van der Waals surface area contributed by atoms with Crippen LogP contribution >= 0.6 is 0 Å². The molecule has 38 heavy (non-hydrogen) atoms. The summed E-state index contributed by atoms with van der Waals surface area (Å²) in [5.41, 5.74) is -0.810. The molecular weight excluding hydrogens is 493 g/mol. The van der Waals surface area contributed by atoms with Gasteiger partial charge in [-0.3, -0.25) is 9.97 Å². The molecule has 0 spiro atoms. The van der Waals surface area contributed by atoms with Crippen LogP contribution in [0.4, 0.5) is 13.2 Å². The maximum absolute atomic E-state index is 14.4. The number of aromatic amines is 1. The van der Waals surface area contributed by atoms with E-state index in [9.17, 15) is 23.4 Å². The molecule has 0 fully saturated rings. The number of phenols is 1. The number of aromatic hydroxyl groups is 1. The first kappa shape index (κ1) is 27.6. The lowest BCUT2D eigenvalue weighted by molar-refractivity contribution is -0.266. The molecule has 0 saturated heterocycles. The van der Waals surface area contributed by atoms with Crippen molar-refractivity contribution in [1.29, 1.82) is 0 Å². The minimum absolute atomic E-state index is 0.131. The van der Waals surface area contributed by atoms with Crippen molar-refractivity contribution in [2.24, 2.45) is 0 Å². The number of rotatable bonds is 9. The molecule has 4 rings (SSSR count). The fourth-order valence-electron chi connectivity index (χ4n) is 4.90. The van der Waals surface area contributed by atoms with Crippen molar-refractivity contribution < 1.29 is 23.4 Å². The van der Waals surface area contributed by atoms with E-state index in [2.05, 4.69) is 19.9 Å². The number of halogens is 3. The predicted octanol–water partition coefficient (Wildman–Crippen LogP) is 5.99. The van der Waals surface area contributed by atoms with Gasteiger partial charge in [0.05, 0.1) is 17.4 Å². The Bertz CT molecular complexity index is 1400. The molecule has 9 heteroatoms. The number of aromatic nitrogens is 3. The van der Waals surface area contributed by atoms with E-state index in [4.69, 9.17) is 0 Å². The molecule has 4 aromatic rings. The van der Waals surface area contributed by atoms with Crippen molar-refractivity contribution in [2.45, 2.75) is 57.3 Å². The summed E-state index contributed by atoms with van der Waals surface area (Å²) >= 11 is 0. The first-order valence-electron chi connectivity index (χ1n) is 12.5. The quantitative estimate of drug-likeness (QED) is 0.250. The molecule has 3 N–H and O–H groups in total. The SMILES string of the molecule is CCN(C)Cc1cc2cc(CC(O)(CC(C)(C)c3cc(-c4cccnc4)ccc3O)C(F)(F)F)[nH]c2cn1. The number of H-pyrrole nitrogens is 1. The molecule has 3 aromatic heterocycles. The second-order valence-corrected chi connectivity index (χ2v) is 10.6. The van der Waals surface area contributed by atoms with Gasteiger partial charge in [0, 0.05) is 47.6 Å². The molecule has 0 aliphatic heterocycles. The van der Waals surface area contributed by atoms with E-state index in [1.807, 2.05) is 26.1 Å². The molecular formula is C29H33F3N4O2. The topological polar surface area (TPSA) is 85.3 Å². The Morgan fingerprint density at radius 2 is 1.79 bits per heavy atom. The molecule has 6 nitrogen and oxygen atoms in total. The number of benzene rings is 1. The number of hydrogen-bond donors (Lipinski definition) is 3. The van der Waals surface area contributed by atoms with Gasteiger partial charge < -0.3 is 20.1 Å². The predicted molar refractivity (Wildman–Crippen MR) is 142 cm³/mol. The zero-order valence-corrected chi connectivity index (χ0v) is 22.0. The number of fused-ring (bicyclic) bond motifs is 1. The van der Waals surface area contributed by atoms with Crippen LogP contribution in [-0.2, 0) is 18.4 Å². The second-order valence-electron chi connectivity index (χ2n) is 10.6. The van der Waals surface area contributed by atoms with Crippen LogP contribution in [0.2, 0.25) is 0 Å². The Hall–Kier alpha value is -3.43. The van der Waals surface area contributed by atoms with E-state index in [1.165, 1.54) is 6.07 Å². The third-order valence-corrected chi connectivity index (χ3v) is 7.05. The average molecular weight is 527 g/mol. The highest BCUT2D eigenvalue weighted by Gasteiger charge is 2.56. The lowest BCUT2D eigenvalue weighted by atomic mass is 9.72. The number of phenolic OH excluding ortho intramolecular Hbond substituents is 1. The molecule has 1 atom stereocenters. The molecule has 202 valence electrons. The number of nitrogens with one attached hydrogen (secondary N) is 1. The minimum Gasteiger partial charge on any atom is -0.508 e. The van der Waals surface area contributed by atoms with Crippen LogP contribution in [0.1, 0.15) is 44.1 Å². The summed E-state index contributed by atoms with van der Waals surface area (Å²) in [6.45, 7) is 6.68. The molecule has 0 bridgehead atoms. The summed E-state index contributed by atoms with van der Waals surface area (Å²) in [4.78, 5) is 13.6. The van der Waals surface area contributed by atoms with E-state index < -0.39 is 30.0 Å². The first-order valence-corrected chi connectivity index (χ1v) is 12.5. The highest BCUT2D eigenvalue weighted by atomic mass is 19.4. The highest BCUT2D eigenvalue weighted by Crippen LogP contribution is 2.45. The van der Waals surface area contributed by atoms with Gasteiger partial charge in [-0.2, -0.15) is 13.2 Å². The van der Waals surface area contributed by atoms with Gasteiger partial charge in [0.1, 0.15) is 5.75 Å². The fraction of sp³-hybridized carbons (Fsp3) is 0.379. The normalized spacial score (nSPS) is 14.2. The van der Waals surface area contributed by atoms with Gasteiger partial charge in [0.2, 0.25) is 0 Å². The van der Waals surface area contributed by atoms with Crippen LogP contribution in [0.25, 0.3) is 22.0 Å². The molecule has 1 aromatic carbocycles. The highest BCUT2D eigenvalue weighted by molar-refractivity contribution is 5.80. The summed E-state index contributed by atoms with van der Waals surface area (Å²) in [5, 5.41) is 22.5. The van der Waals surface area contributed by atoms with Gasteiger partial charge in [0.15, 0.2) is 5.60 Å². The molecule has 0 amide bonds. The second kappa shape index (κ2) is 10.4. The summed E-state index contributed by atoms with van der Waals surface area (Å²) in [5.74, 6) is -0.131.